The number of anilines is 1. The Labute approximate surface area is 199 Å². The van der Waals surface area contributed by atoms with Crippen molar-refractivity contribution < 1.29 is 13.2 Å². The number of hydrogen-bond acceptors (Lipinski definition) is 3. The van der Waals surface area contributed by atoms with Crippen LogP contribution >= 0.6 is 23.2 Å². The molecule has 0 saturated heterocycles. The van der Waals surface area contributed by atoms with Crippen LogP contribution in [-0.2, 0) is 14.8 Å². The molecule has 0 aliphatic carbocycles. The smallest absolute Gasteiger partial charge is 0.264 e. The third-order valence-electron chi connectivity index (χ3n) is 4.98. The number of nitrogens with one attached hydrogen (secondary N) is 1. The van der Waals surface area contributed by atoms with Crippen molar-refractivity contribution in [2.24, 2.45) is 0 Å². The van der Waals surface area contributed by atoms with Crippen molar-refractivity contribution in [1.29, 1.82) is 0 Å². The highest BCUT2D eigenvalue weighted by Gasteiger charge is 2.28. The summed E-state index contributed by atoms with van der Waals surface area (Å²) in [6.07, 6.45) is 0.656. The minimum absolute atomic E-state index is 0.0643. The average Bonchev–Trinajstić information content (AvgIpc) is 2.76. The molecule has 0 unspecified atom stereocenters. The molecule has 0 spiro atoms. The fourth-order valence-electron chi connectivity index (χ4n) is 3.31. The molecule has 1 atom stereocenters. The molecule has 1 amide bonds. The van der Waals surface area contributed by atoms with Gasteiger partial charge in [-0.15, -0.1) is 0 Å². The van der Waals surface area contributed by atoms with Crippen LogP contribution in [0.1, 0.15) is 30.5 Å². The van der Waals surface area contributed by atoms with Crippen molar-refractivity contribution in [3.8, 4) is 0 Å². The monoisotopic (exact) mass is 490 g/mol. The molecule has 3 rings (SSSR count). The molecule has 0 fully saturated rings. The maximum Gasteiger partial charge on any atom is 0.264 e. The number of sulfonamides is 1. The fraction of sp³-hybridized carbons (Fsp3) is 0.208. The molecular formula is C24H24Cl2N2O3S. The third-order valence-corrected chi connectivity index (χ3v) is 7.20. The van der Waals surface area contributed by atoms with Gasteiger partial charge in [0.2, 0.25) is 5.91 Å². The summed E-state index contributed by atoms with van der Waals surface area (Å²) in [5.74, 6) is -0.437. The van der Waals surface area contributed by atoms with Crippen molar-refractivity contribution in [3.63, 3.8) is 0 Å². The van der Waals surface area contributed by atoms with Gasteiger partial charge in [-0.1, -0.05) is 78.2 Å². The molecule has 0 aliphatic heterocycles. The number of hydrogen-bond donors (Lipinski definition) is 1. The van der Waals surface area contributed by atoms with Crippen molar-refractivity contribution in [2.45, 2.75) is 31.2 Å². The van der Waals surface area contributed by atoms with Crippen molar-refractivity contribution in [2.75, 3.05) is 10.8 Å². The lowest BCUT2D eigenvalue weighted by Gasteiger charge is -2.26. The van der Waals surface area contributed by atoms with Gasteiger partial charge in [-0.25, -0.2) is 8.42 Å². The lowest BCUT2D eigenvalue weighted by atomic mass is 10.0. The van der Waals surface area contributed by atoms with Gasteiger partial charge >= 0.3 is 0 Å². The van der Waals surface area contributed by atoms with Gasteiger partial charge in [-0.3, -0.25) is 9.10 Å². The van der Waals surface area contributed by atoms with Gasteiger partial charge < -0.3 is 5.32 Å². The van der Waals surface area contributed by atoms with E-state index in [-0.39, 0.29) is 26.7 Å². The van der Waals surface area contributed by atoms with E-state index >= 15 is 0 Å². The lowest BCUT2D eigenvalue weighted by Crippen LogP contribution is -2.42. The van der Waals surface area contributed by atoms with Crippen LogP contribution in [0.25, 0.3) is 0 Å². The number of carbonyl (C=O) groups excluding carboxylic acids is 1. The summed E-state index contributed by atoms with van der Waals surface area (Å²) in [5, 5.41) is 3.49. The van der Waals surface area contributed by atoms with Gasteiger partial charge in [0.25, 0.3) is 10.0 Å². The molecule has 0 saturated carbocycles. The maximum absolute atomic E-state index is 13.4. The Morgan fingerprint density at radius 3 is 2.12 bits per heavy atom. The van der Waals surface area contributed by atoms with Gasteiger partial charge in [-0.2, -0.15) is 0 Å². The summed E-state index contributed by atoms with van der Waals surface area (Å²) in [4.78, 5) is 13.1. The Bertz CT molecular complexity index is 1160. The van der Waals surface area contributed by atoms with Crippen molar-refractivity contribution >= 4 is 44.8 Å². The molecule has 1 N–H and O–H groups in total. The van der Waals surface area contributed by atoms with E-state index in [2.05, 4.69) is 5.32 Å². The highest BCUT2D eigenvalue weighted by molar-refractivity contribution is 7.92. The van der Waals surface area contributed by atoms with Crippen LogP contribution in [0.15, 0.2) is 77.7 Å². The topological polar surface area (TPSA) is 66.5 Å². The van der Waals surface area contributed by atoms with Crippen molar-refractivity contribution in [3.05, 3.63) is 94.0 Å². The second-order valence-corrected chi connectivity index (χ2v) is 10.1. The highest BCUT2D eigenvalue weighted by Crippen LogP contribution is 2.29. The Kier molecular flexibility index (Phi) is 7.82. The van der Waals surface area contributed by atoms with Gasteiger partial charge in [0.1, 0.15) is 6.54 Å². The quantitative estimate of drug-likeness (QED) is 0.436. The molecular weight excluding hydrogens is 467 g/mol. The molecule has 0 heterocycles. The summed E-state index contributed by atoms with van der Waals surface area (Å²) in [7, 11) is -4.04. The van der Waals surface area contributed by atoms with Crippen LogP contribution in [0.5, 0.6) is 0 Å². The molecule has 0 aromatic heterocycles. The maximum atomic E-state index is 13.4. The largest absolute Gasteiger partial charge is 0.348 e. The molecule has 3 aromatic rings. The third kappa shape index (κ3) is 5.82. The Balaban J connectivity index is 1.93. The molecule has 168 valence electrons. The second kappa shape index (κ2) is 10.4. The number of amides is 1. The van der Waals surface area contributed by atoms with Crippen LogP contribution in [-0.4, -0.2) is 20.9 Å². The number of nitrogens with zero attached hydrogens (tertiary/aromatic N) is 1. The fourth-order valence-corrected chi connectivity index (χ4v) is 5.25. The van der Waals surface area contributed by atoms with Gasteiger partial charge in [-0.05, 0) is 49.2 Å². The van der Waals surface area contributed by atoms with Crippen LogP contribution in [0, 0.1) is 6.92 Å². The summed E-state index contributed by atoms with van der Waals surface area (Å²) in [5.41, 5.74) is 2.28. The van der Waals surface area contributed by atoms with E-state index in [0.717, 1.165) is 15.4 Å². The van der Waals surface area contributed by atoms with Gasteiger partial charge in [0.05, 0.1) is 16.6 Å². The summed E-state index contributed by atoms with van der Waals surface area (Å²) >= 11 is 12.2. The van der Waals surface area contributed by atoms with Crippen molar-refractivity contribution in [1.82, 2.24) is 5.32 Å². The van der Waals surface area contributed by atoms with Gasteiger partial charge in [0, 0.05) is 10.0 Å². The predicted octanol–water partition coefficient (Wildman–Crippen LogP) is 5.76. The number of carbonyl (C=O) groups is 1. The average molecular weight is 491 g/mol. The van der Waals surface area contributed by atoms with E-state index in [0.29, 0.717) is 6.42 Å². The van der Waals surface area contributed by atoms with Gasteiger partial charge in [0.15, 0.2) is 0 Å². The number of halogens is 2. The standard InChI is InChI=1S/C24H24Cl2N2O3S/c1-3-23(18-11-9-17(2)10-12-18)27-24(29)16-28(21-14-19(25)13-20(26)15-21)32(30,31)22-7-5-4-6-8-22/h4-15,23H,3,16H2,1-2H3,(H,27,29)/t23-/m0/s1. The first-order valence-electron chi connectivity index (χ1n) is 10.1. The SMILES string of the molecule is CC[C@H](NC(=O)CN(c1cc(Cl)cc(Cl)c1)S(=O)(=O)c1ccccc1)c1ccc(C)cc1. The van der Waals surface area contributed by atoms with E-state index in [9.17, 15) is 13.2 Å². The first-order valence-corrected chi connectivity index (χ1v) is 12.3. The number of rotatable bonds is 8. The van der Waals surface area contributed by atoms with E-state index in [4.69, 9.17) is 23.2 Å². The Hall–Kier alpha value is -2.54. The lowest BCUT2D eigenvalue weighted by molar-refractivity contribution is -0.120. The van der Waals surface area contributed by atoms with Crippen LogP contribution < -0.4 is 9.62 Å². The number of aryl methyl sites for hydroxylation is 1. The zero-order valence-electron chi connectivity index (χ0n) is 17.8. The molecule has 0 aliphatic rings. The molecule has 3 aromatic carbocycles. The first kappa shape index (κ1) is 24.1. The molecule has 5 nitrogen and oxygen atoms in total. The highest BCUT2D eigenvalue weighted by atomic mass is 35.5. The number of benzene rings is 3. The van der Waals surface area contributed by atoms with Crippen LogP contribution in [0.2, 0.25) is 10.0 Å². The Morgan fingerprint density at radius 2 is 1.56 bits per heavy atom. The van der Waals surface area contributed by atoms with E-state index < -0.39 is 22.5 Å². The molecule has 8 heteroatoms. The van der Waals surface area contributed by atoms with E-state index in [1.807, 2.05) is 38.1 Å². The molecule has 0 radical (unpaired) electrons. The Morgan fingerprint density at radius 1 is 0.969 bits per heavy atom. The van der Waals surface area contributed by atoms with Crippen LogP contribution in [0.4, 0.5) is 5.69 Å². The van der Waals surface area contributed by atoms with Crippen LogP contribution in [0.3, 0.4) is 0 Å². The minimum atomic E-state index is -4.04. The minimum Gasteiger partial charge on any atom is -0.348 e. The molecule has 32 heavy (non-hydrogen) atoms. The summed E-state index contributed by atoms with van der Waals surface area (Å²) in [6.45, 7) is 3.53. The summed E-state index contributed by atoms with van der Waals surface area (Å²) in [6, 6.07) is 20.0. The normalized spacial score (nSPS) is 12.2. The van der Waals surface area contributed by atoms with E-state index in [1.54, 1.807) is 18.2 Å². The first-order chi connectivity index (χ1) is 15.2. The molecule has 0 bridgehead atoms. The second-order valence-electron chi connectivity index (χ2n) is 7.39. The van der Waals surface area contributed by atoms with E-state index in [1.165, 1.54) is 30.3 Å². The predicted molar refractivity (Wildman–Crippen MR) is 130 cm³/mol. The zero-order valence-corrected chi connectivity index (χ0v) is 20.1. The summed E-state index contributed by atoms with van der Waals surface area (Å²) < 4.78 is 27.9. The zero-order chi connectivity index (χ0) is 23.3.